The lowest BCUT2D eigenvalue weighted by Crippen LogP contribution is -2.07. The van der Waals surface area contributed by atoms with Crippen LogP contribution in [-0.2, 0) is 13.2 Å². The van der Waals surface area contributed by atoms with Crippen LogP contribution in [0.3, 0.4) is 0 Å². The van der Waals surface area contributed by atoms with Crippen molar-refractivity contribution >= 4 is 39.2 Å². The van der Waals surface area contributed by atoms with Gasteiger partial charge in [-0.15, -0.1) is 0 Å². The number of carboxylic acids is 1. The zero-order chi connectivity index (χ0) is 22.5. The molecule has 0 heterocycles. The summed E-state index contributed by atoms with van der Waals surface area (Å²) in [6.45, 7) is 2.35. The van der Waals surface area contributed by atoms with Crippen LogP contribution in [0.25, 0.3) is 0 Å². The van der Waals surface area contributed by atoms with E-state index in [1.807, 2.05) is 13.0 Å². The molecule has 0 fully saturated rings. The number of halogens is 3. The average molecular weight is 509 g/mol. The van der Waals surface area contributed by atoms with Crippen LogP contribution in [-0.4, -0.2) is 18.2 Å². The van der Waals surface area contributed by atoms with Gasteiger partial charge < -0.3 is 19.9 Å². The summed E-state index contributed by atoms with van der Waals surface area (Å²) >= 11 is 9.67. The van der Waals surface area contributed by atoms with Crippen molar-refractivity contribution in [3.63, 3.8) is 0 Å². The SMILES string of the molecule is COc1ccc(Br)c(CNc2ccc(C(=O)O)cc2C)c1OCc1ccc(F)cc1Cl. The monoisotopic (exact) mass is 507 g/mol. The Hall–Kier alpha value is -2.77. The number of carbonyl (C=O) groups is 1. The molecule has 31 heavy (non-hydrogen) atoms. The molecular weight excluding hydrogens is 489 g/mol. The summed E-state index contributed by atoms with van der Waals surface area (Å²) < 4.78 is 25.6. The molecule has 0 aromatic heterocycles. The minimum absolute atomic E-state index is 0.130. The molecule has 0 unspecified atom stereocenters. The van der Waals surface area contributed by atoms with Gasteiger partial charge in [-0.3, -0.25) is 0 Å². The van der Waals surface area contributed by atoms with Gasteiger partial charge in [-0.2, -0.15) is 0 Å². The Morgan fingerprint density at radius 3 is 2.61 bits per heavy atom. The number of ether oxygens (including phenoxy) is 2. The Labute approximate surface area is 192 Å². The Morgan fingerprint density at radius 1 is 1.19 bits per heavy atom. The van der Waals surface area contributed by atoms with Gasteiger partial charge in [0.2, 0.25) is 0 Å². The number of aryl methyl sites for hydroxylation is 1. The quantitative estimate of drug-likeness (QED) is 0.366. The highest BCUT2D eigenvalue weighted by molar-refractivity contribution is 9.10. The molecule has 0 spiro atoms. The van der Waals surface area contributed by atoms with Crippen molar-refractivity contribution in [1.82, 2.24) is 0 Å². The molecule has 0 radical (unpaired) electrons. The Kier molecular flexibility index (Phi) is 7.41. The molecule has 8 heteroatoms. The fourth-order valence-electron chi connectivity index (χ4n) is 3.03. The number of carboxylic acid groups (broad SMARTS) is 1. The summed E-state index contributed by atoms with van der Waals surface area (Å²) in [6, 6.07) is 12.7. The first-order valence-electron chi connectivity index (χ1n) is 9.30. The van der Waals surface area contributed by atoms with E-state index in [1.54, 1.807) is 37.4 Å². The molecule has 0 aliphatic carbocycles. The Balaban J connectivity index is 1.85. The van der Waals surface area contributed by atoms with Gasteiger partial charge in [0.15, 0.2) is 11.5 Å². The summed E-state index contributed by atoms with van der Waals surface area (Å²) in [4.78, 5) is 11.1. The van der Waals surface area contributed by atoms with Crippen LogP contribution in [0.1, 0.15) is 27.0 Å². The first-order valence-corrected chi connectivity index (χ1v) is 10.5. The maximum absolute atomic E-state index is 13.3. The highest BCUT2D eigenvalue weighted by Crippen LogP contribution is 2.38. The zero-order valence-corrected chi connectivity index (χ0v) is 19.2. The standard InChI is InChI=1S/C23H20BrClFNO4/c1-13-9-14(23(28)29)4-7-20(13)27-11-17-18(24)6-8-21(30-2)22(17)31-12-15-3-5-16(26)10-19(15)25/h3-10,27H,11-12H2,1-2H3,(H,28,29). The van der Waals surface area contributed by atoms with Crippen molar-refractivity contribution in [2.45, 2.75) is 20.1 Å². The molecule has 0 aliphatic rings. The predicted octanol–water partition coefficient (Wildman–Crippen LogP) is 6.45. The van der Waals surface area contributed by atoms with Gasteiger partial charge in [0.05, 0.1) is 17.7 Å². The molecule has 2 N–H and O–H groups in total. The summed E-state index contributed by atoms with van der Waals surface area (Å²) in [5.41, 5.74) is 3.28. The third-order valence-corrected chi connectivity index (χ3v) is 5.80. The number of rotatable bonds is 8. The summed E-state index contributed by atoms with van der Waals surface area (Å²) in [5, 5.41) is 12.7. The zero-order valence-electron chi connectivity index (χ0n) is 16.8. The number of hydrogen-bond donors (Lipinski definition) is 2. The number of hydrogen-bond acceptors (Lipinski definition) is 4. The van der Waals surface area contributed by atoms with Crippen molar-refractivity contribution in [3.8, 4) is 11.5 Å². The molecular formula is C23H20BrClFNO4. The van der Waals surface area contributed by atoms with Gasteiger partial charge in [0.25, 0.3) is 0 Å². The highest BCUT2D eigenvalue weighted by atomic mass is 79.9. The second kappa shape index (κ2) is 10.0. The predicted molar refractivity (Wildman–Crippen MR) is 122 cm³/mol. The fraction of sp³-hybridized carbons (Fsp3) is 0.174. The van der Waals surface area contributed by atoms with Crippen molar-refractivity contribution in [2.75, 3.05) is 12.4 Å². The van der Waals surface area contributed by atoms with Crippen LogP contribution >= 0.6 is 27.5 Å². The van der Waals surface area contributed by atoms with E-state index in [0.29, 0.717) is 23.6 Å². The van der Waals surface area contributed by atoms with E-state index in [4.69, 9.17) is 26.2 Å². The molecule has 0 amide bonds. The molecule has 0 aliphatic heterocycles. The topological polar surface area (TPSA) is 67.8 Å². The van der Waals surface area contributed by atoms with E-state index in [-0.39, 0.29) is 17.2 Å². The third-order valence-electron chi connectivity index (χ3n) is 4.70. The van der Waals surface area contributed by atoms with Crippen molar-refractivity contribution in [1.29, 1.82) is 0 Å². The molecule has 3 rings (SSSR count). The van der Waals surface area contributed by atoms with E-state index >= 15 is 0 Å². The number of anilines is 1. The lowest BCUT2D eigenvalue weighted by Gasteiger charge is -2.18. The Morgan fingerprint density at radius 2 is 1.97 bits per heavy atom. The van der Waals surface area contributed by atoms with E-state index in [1.165, 1.54) is 12.1 Å². The van der Waals surface area contributed by atoms with E-state index in [0.717, 1.165) is 21.3 Å². The van der Waals surface area contributed by atoms with Gasteiger partial charge >= 0.3 is 5.97 Å². The maximum atomic E-state index is 13.3. The van der Waals surface area contributed by atoms with E-state index in [9.17, 15) is 9.18 Å². The molecule has 0 saturated carbocycles. The molecule has 0 bridgehead atoms. The molecule has 5 nitrogen and oxygen atoms in total. The first-order chi connectivity index (χ1) is 14.8. The van der Waals surface area contributed by atoms with Gasteiger partial charge in [0, 0.05) is 27.8 Å². The van der Waals surface area contributed by atoms with Crippen molar-refractivity contribution < 1.29 is 23.8 Å². The summed E-state index contributed by atoms with van der Waals surface area (Å²) in [6.07, 6.45) is 0. The lowest BCUT2D eigenvalue weighted by molar-refractivity contribution is 0.0697. The maximum Gasteiger partial charge on any atom is 0.335 e. The van der Waals surface area contributed by atoms with Gasteiger partial charge in [-0.05, 0) is 55.0 Å². The van der Waals surface area contributed by atoms with Crippen LogP contribution in [0.5, 0.6) is 11.5 Å². The average Bonchev–Trinajstić information content (AvgIpc) is 2.73. The summed E-state index contributed by atoms with van der Waals surface area (Å²) in [5.74, 6) is -0.330. The number of aromatic carboxylic acids is 1. The van der Waals surface area contributed by atoms with Crippen LogP contribution in [0.2, 0.25) is 5.02 Å². The highest BCUT2D eigenvalue weighted by Gasteiger charge is 2.16. The normalized spacial score (nSPS) is 10.6. The fourth-order valence-corrected chi connectivity index (χ4v) is 3.71. The van der Waals surface area contributed by atoms with E-state index in [2.05, 4.69) is 21.2 Å². The molecule has 162 valence electrons. The van der Waals surface area contributed by atoms with Crippen LogP contribution in [0.15, 0.2) is 53.0 Å². The number of nitrogens with one attached hydrogen (secondary N) is 1. The second-order valence-corrected chi connectivity index (χ2v) is 8.03. The van der Waals surface area contributed by atoms with Gasteiger partial charge in [-0.25, -0.2) is 9.18 Å². The molecule has 3 aromatic carbocycles. The first kappa shape index (κ1) is 22.9. The van der Waals surface area contributed by atoms with Crippen molar-refractivity contribution in [3.05, 3.63) is 86.1 Å². The summed E-state index contributed by atoms with van der Waals surface area (Å²) in [7, 11) is 1.55. The molecule has 0 saturated heterocycles. The number of benzene rings is 3. The smallest absolute Gasteiger partial charge is 0.335 e. The van der Waals surface area contributed by atoms with Crippen molar-refractivity contribution in [2.24, 2.45) is 0 Å². The third kappa shape index (κ3) is 5.48. The van der Waals surface area contributed by atoms with Gasteiger partial charge in [-0.1, -0.05) is 33.6 Å². The minimum atomic E-state index is -0.972. The molecule has 3 aromatic rings. The van der Waals surface area contributed by atoms with Crippen LogP contribution in [0, 0.1) is 12.7 Å². The van der Waals surface area contributed by atoms with Crippen LogP contribution < -0.4 is 14.8 Å². The number of methoxy groups -OCH3 is 1. The van der Waals surface area contributed by atoms with Crippen LogP contribution in [0.4, 0.5) is 10.1 Å². The second-order valence-electron chi connectivity index (χ2n) is 6.77. The Bertz CT molecular complexity index is 1120. The lowest BCUT2D eigenvalue weighted by atomic mass is 10.1. The van der Waals surface area contributed by atoms with Gasteiger partial charge in [0.1, 0.15) is 12.4 Å². The largest absolute Gasteiger partial charge is 0.493 e. The minimum Gasteiger partial charge on any atom is -0.493 e. The molecule has 0 atom stereocenters. The van der Waals surface area contributed by atoms with E-state index < -0.39 is 11.8 Å².